The Morgan fingerprint density at radius 3 is 2.23 bits per heavy atom. The third-order valence-corrected chi connectivity index (χ3v) is 1.56. The molecule has 5 heteroatoms. The van der Waals surface area contributed by atoms with Crippen molar-refractivity contribution in [1.29, 1.82) is 0 Å². The van der Waals surface area contributed by atoms with Gasteiger partial charge >= 0.3 is 0 Å². The predicted molar refractivity (Wildman–Crippen MR) is 54.9 cm³/mol. The fourth-order valence-electron chi connectivity index (χ4n) is 0.870. The van der Waals surface area contributed by atoms with Crippen LogP contribution >= 0.6 is 12.4 Å². The zero-order valence-corrected chi connectivity index (χ0v) is 7.80. The first kappa shape index (κ1) is 11.9. The third-order valence-electron chi connectivity index (χ3n) is 1.56. The average Bonchev–Trinajstić information content (AvgIpc) is 2.17. The van der Waals surface area contributed by atoms with Crippen molar-refractivity contribution in [3.63, 3.8) is 0 Å². The molecule has 4 nitrogen and oxygen atoms in total. The lowest BCUT2D eigenvalue weighted by Crippen LogP contribution is -2.13. The molecule has 1 aromatic rings. The number of hydrogen-bond acceptors (Lipinski definition) is 4. The van der Waals surface area contributed by atoms with Crippen LogP contribution in [0.25, 0.3) is 0 Å². The standard InChI is InChI=1S/C8H11N3O.ClH/c9-5-8(12)6-1-3-7(11-10)4-2-6;/h1-4,11H,5,9-10H2;1H. The lowest BCUT2D eigenvalue weighted by Gasteiger charge is -2.00. The first-order valence-electron chi connectivity index (χ1n) is 3.58. The molecule has 72 valence electrons. The minimum absolute atomic E-state index is 0. The van der Waals surface area contributed by atoms with E-state index in [1.807, 2.05) is 0 Å². The molecule has 0 spiro atoms. The Hall–Kier alpha value is -1.10. The Morgan fingerprint density at radius 2 is 1.85 bits per heavy atom. The van der Waals surface area contributed by atoms with Crippen LogP contribution in [-0.2, 0) is 0 Å². The van der Waals surface area contributed by atoms with Crippen molar-refractivity contribution < 1.29 is 4.79 Å². The first-order valence-corrected chi connectivity index (χ1v) is 3.58. The predicted octanol–water partition coefficient (Wildman–Crippen LogP) is 0.535. The summed E-state index contributed by atoms with van der Waals surface area (Å²) in [6.07, 6.45) is 0. The highest BCUT2D eigenvalue weighted by atomic mass is 35.5. The lowest BCUT2D eigenvalue weighted by molar-refractivity contribution is 0.100. The monoisotopic (exact) mass is 201 g/mol. The number of carbonyl (C=O) groups is 1. The molecule has 1 aromatic carbocycles. The summed E-state index contributed by atoms with van der Waals surface area (Å²) in [6, 6.07) is 6.82. The van der Waals surface area contributed by atoms with Gasteiger partial charge in [0.2, 0.25) is 0 Å². The summed E-state index contributed by atoms with van der Waals surface area (Å²) in [4.78, 5) is 11.0. The number of Topliss-reactive ketones (excluding diaryl/α,β-unsaturated/α-hetero) is 1. The smallest absolute Gasteiger partial charge is 0.176 e. The number of nitrogen functional groups attached to an aromatic ring is 1. The molecule has 0 aliphatic heterocycles. The Morgan fingerprint density at radius 1 is 1.31 bits per heavy atom. The van der Waals surface area contributed by atoms with Gasteiger partial charge in [0.25, 0.3) is 0 Å². The Labute approximate surface area is 82.7 Å². The van der Waals surface area contributed by atoms with E-state index >= 15 is 0 Å². The summed E-state index contributed by atoms with van der Waals surface area (Å²) < 4.78 is 0. The van der Waals surface area contributed by atoms with E-state index in [4.69, 9.17) is 11.6 Å². The van der Waals surface area contributed by atoms with Gasteiger partial charge in [-0.15, -0.1) is 12.4 Å². The van der Waals surface area contributed by atoms with Crippen LogP contribution in [0.15, 0.2) is 24.3 Å². The highest BCUT2D eigenvalue weighted by molar-refractivity contribution is 5.97. The Balaban J connectivity index is 0.00000144. The second kappa shape index (κ2) is 5.53. The fraction of sp³-hybridized carbons (Fsp3) is 0.125. The second-order valence-corrected chi connectivity index (χ2v) is 2.35. The normalized spacial score (nSPS) is 8.77. The minimum Gasteiger partial charge on any atom is -0.324 e. The van der Waals surface area contributed by atoms with Gasteiger partial charge in [-0.3, -0.25) is 10.6 Å². The number of hydrogen-bond donors (Lipinski definition) is 3. The maximum atomic E-state index is 11.0. The molecule has 0 aromatic heterocycles. The summed E-state index contributed by atoms with van der Waals surface area (Å²) in [5.41, 5.74) is 9.03. The zero-order valence-electron chi connectivity index (χ0n) is 6.99. The number of nitrogens with one attached hydrogen (secondary N) is 1. The number of rotatable bonds is 3. The number of hydrazine groups is 1. The molecule has 5 N–H and O–H groups in total. The topological polar surface area (TPSA) is 81.1 Å². The van der Waals surface area contributed by atoms with Gasteiger partial charge < -0.3 is 11.2 Å². The fourth-order valence-corrected chi connectivity index (χ4v) is 0.870. The van der Waals surface area contributed by atoms with Crippen molar-refractivity contribution in [2.45, 2.75) is 0 Å². The van der Waals surface area contributed by atoms with E-state index in [1.165, 1.54) is 0 Å². The van der Waals surface area contributed by atoms with Gasteiger partial charge in [0, 0.05) is 11.3 Å². The van der Waals surface area contributed by atoms with Crippen LogP contribution in [-0.4, -0.2) is 12.3 Å². The second-order valence-electron chi connectivity index (χ2n) is 2.35. The summed E-state index contributed by atoms with van der Waals surface area (Å²) >= 11 is 0. The van der Waals surface area contributed by atoms with E-state index < -0.39 is 0 Å². The number of nitrogens with two attached hydrogens (primary N) is 2. The third kappa shape index (κ3) is 3.02. The van der Waals surface area contributed by atoms with E-state index in [0.717, 1.165) is 5.69 Å². The van der Waals surface area contributed by atoms with Crippen molar-refractivity contribution in [1.82, 2.24) is 0 Å². The summed E-state index contributed by atoms with van der Waals surface area (Å²) in [7, 11) is 0. The molecule has 0 atom stereocenters. The van der Waals surface area contributed by atoms with Crippen molar-refractivity contribution in [3.05, 3.63) is 29.8 Å². The maximum Gasteiger partial charge on any atom is 0.176 e. The van der Waals surface area contributed by atoms with Gasteiger partial charge in [0.15, 0.2) is 5.78 Å². The van der Waals surface area contributed by atoms with Crippen molar-refractivity contribution in [2.24, 2.45) is 11.6 Å². The quantitative estimate of drug-likeness (QED) is 0.379. The number of anilines is 1. The lowest BCUT2D eigenvalue weighted by atomic mass is 10.1. The molecular formula is C8H12ClN3O. The van der Waals surface area contributed by atoms with E-state index in [-0.39, 0.29) is 24.7 Å². The molecule has 0 bridgehead atoms. The van der Waals surface area contributed by atoms with Crippen LogP contribution in [0.2, 0.25) is 0 Å². The Kier molecular flexibility index (Phi) is 5.06. The van der Waals surface area contributed by atoms with Crippen LogP contribution in [0, 0.1) is 0 Å². The molecule has 13 heavy (non-hydrogen) atoms. The van der Waals surface area contributed by atoms with E-state index in [2.05, 4.69) is 5.43 Å². The molecular weight excluding hydrogens is 190 g/mol. The molecule has 0 radical (unpaired) electrons. The van der Waals surface area contributed by atoms with Crippen LogP contribution in [0.4, 0.5) is 5.69 Å². The molecule has 0 unspecified atom stereocenters. The van der Waals surface area contributed by atoms with E-state index in [9.17, 15) is 4.79 Å². The van der Waals surface area contributed by atoms with Crippen molar-refractivity contribution >= 4 is 23.9 Å². The Bertz CT molecular complexity index is 273. The van der Waals surface area contributed by atoms with Crippen LogP contribution in [0.3, 0.4) is 0 Å². The summed E-state index contributed by atoms with van der Waals surface area (Å²) in [5, 5.41) is 0. The van der Waals surface area contributed by atoms with E-state index in [0.29, 0.717) is 5.56 Å². The average molecular weight is 202 g/mol. The molecule has 0 aliphatic rings. The minimum atomic E-state index is -0.0708. The number of ketones is 1. The maximum absolute atomic E-state index is 11.0. The SMILES string of the molecule is Cl.NCC(=O)c1ccc(NN)cc1. The van der Waals surface area contributed by atoms with Crippen LogP contribution in [0.1, 0.15) is 10.4 Å². The van der Waals surface area contributed by atoms with Gasteiger partial charge in [-0.05, 0) is 24.3 Å². The molecule has 0 heterocycles. The molecule has 1 rings (SSSR count). The number of benzene rings is 1. The molecule has 0 saturated carbocycles. The molecule has 0 saturated heterocycles. The van der Waals surface area contributed by atoms with Gasteiger partial charge in [-0.2, -0.15) is 0 Å². The molecule has 0 fully saturated rings. The highest BCUT2D eigenvalue weighted by Gasteiger charge is 2.01. The molecule has 0 amide bonds. The summed E-state index contributed by atoms with van der Waals surface area (Å²) in [6.45, 7) is 0.0371. The zero-order chi connectivity index (χ0) is 8.97. The van der Waals surface area contributed by atoms with Crippen LogP contribution in [0.5, 0.6) is 0 Å². The van der Waals surface area contributed by atoms with Gasteiger partial charge in [-0.25, -0.2) is 0 Å². The number of halogens is 1. The van der Waals surface area contributed by atoms with Gasteiger partial charge in [-0.1, -0.05) is 0 Å². The summed E-state index contributed by atoms with van der Waals surface area (Å²) in [5.74, 6) is 5.08. The first-order chi connectivity index (χ1) is 5.77. The van der Waals surface area contributed by atoms with Crippen LogP contribution < -0.4 is 17.0 Å². The number of carbonyl (C=O) groups excluding carboxylic acids is 1. The van der Waals surface area contributed by atoms with Gasteiger partial charge in [0.05, 0.1) is 6.54 Å². The van der Waals surface area contributed by atoms with Crippen molar-refractivity contribution in [3.8, 4) is 0 Å². The van der Waals surface area contributed by atoms with Crippen molar-refractivity contribution in [2.75, 3.05) is 12.0 Å². The molecule has 0 aliphatic carbocycles. The highest BCUT2D eigenvalue weighted by Crippen LogP contribution is 2.07. The largest absolute Gasteiger partial charge is 0.324 e. The van der Waals surface area contributed by atoms with Gasteiger partial charge in [0.1, 0.15) is 0 Å². The van der Waals surface area contributed by atoms with E-state index in [1.54, 1.807) is 24.3 Å².